The molecular weight excluding hydrogens is 330 g/mol. The van der Waals surface area contributed by atoms with Gasteiger partial charge in [-0.2, -0.15) is 8.42 Å². The number of aryl methyl sites for hydroxylation is 1. The largest absolute Gasteiger partial charge is 0.373 e. The van der Waals surface area contributed by atoms with Gasteiger partial charge in [-0.05, 0) is 44.9 Å². The molecule has 1 aliphatic rings. The third-order valence-electron chi connectivity index (χ3n) is 3.84. The van der Waals surface area contributed by atoms with Crippen LogP contribution in [0.3, 0.4) is 0 Å². The van der Waals surface area contributed by atoms with Crippen LogP contribution in [0.2, 0.25) is 0 Å². The van der Waals surface area contributed by atoms with Gasteiger partial charge >= 0.3 is 0 Å². The van der Waals surface area contributed by atoms with Crippen molar-refractivity contribution in [1.29, 1.82) is 0 Å². The molecule has 0 bridgehead atoms. The second-order valence-corrected chi connectivity index (χ2v) is 7.62. The van der Waals surface area contributed by atoms with Crippen LogP contribution >= 0.6 is 0 Å². The highest BCUT2D eigenvalue weighted by Crippen LogP contribution is 2.21. The fraction of sp³-hybridized carbons (Fsp3) is 0.471. The third-order valence-corrected chi connectivity index (χ3v) is 5.14. The number of rotatable bonds is 6. The molecule has 1 saturated heterocycles. The summed E-state index contributed by atoms with van der Waals surface area (Å²) < 4.78 is 35.3. The molecule has 0 unspecified atom stereocenters. The molecule has 24 heavy (non-hydrogen) atoms. The van der Waals surface area contributed by atoms with Gasteiger partial charge in [0.1, 0.15) is 0 Å². The molecular formula is C17H23NO5S. The minimum absolute atomic E-state index is 0.0823. The molecule has 6 nitrogen and oxygen atoms in total. The summed E-state index contributed by atoms with van der Waals surface area (Å²) in [7, 11) is -3.82. The Kier molecular flexibility index (Phi) is 6.15. The maximum Gasteiger partial charge on any atom is 0.297 e. The van der Waals surface area contributed by atoms with Crippen molar-refractivity contribution in [3.05, 3.63) is 42.5 Å². The molecule has 0 saturated carbocycles. The zero-order valence-electron chi connectivity index (χ0n) is 13.9. The first-order chi connectivity index (χ1) is 11.3. The van der Waals surface area contributed by atoms with Crippen LogP contribution in [0, 0.1) is 6.92 Å². The Labute approximate surface area is 143 Å². The Morgan fingerprint density at radius 1 is 1.38 bits per heavy atom. The van der Waals surface area contributed by atoms with E-state index in [2.05, 4.69) is 11.9 Å². The molecule has 1 aliphatic heterocycles. The zero-order valence-corrected chi connectivity index (χ0v) is 14.7. The van der Waals surface area contributed by atoms with Crippen molar-refractivity contribution >= 4 is 16.0 Å². The quantitative estimate of drug-likeness (QED) is 0.624. The predicted molar refractivity (Wildman–Crippen MR) is 90.0 cm³/mol. The average Bonchev–Trinajstić information content (AvgIpc) is 2.53. The molecule has 132 valence electrons. The summed E-state index contributed by atoms with van der Waals surface area (Å²) >= 11 is 0. The summed E-state index contributed by atoms with van der Waals surface area (Å²) in [5.74, 6) is -0.249. The maximum absolute atomic E-state index is 12.2. The summed E-state index contributed by atoms with van der Waals surface area (Å²) in [5, 5.41) is 2.82. The highest BCUT2D eigenvalue weighted by Gasteiger charge is 2.29. The van der Waals surface area contributed by atoms with Gasteiger partial charge in [-0.25, -0.2) is 0 Å². The van der Waals surface area contributed by atoms with Gasteiger partial charge in [0.2, 0.25) is 5.91 Å². The van der Waals surface area contributed by atoms with Crippen LogP contribution in [0.1, 0.15) is 25.3 Å². The van der Waals surface area contributed by atoms with Gasteiger partial charge < -0.3 is 10.1 Å². The van der Waals surface area contributed by atoms with Crippen LogP contribution in [0.25, 0.3) is 0 Å². The normalized spacial score (nSPS) is 24.3. The number of hydrogen-bond acceptors (Lipinski definition) is 5. The van der Waals surface area contributed by atoms with Crippen LogP contribution in [-0.4, -0.2) is 39.2 Å². The second kappa shape index (κ2) is 7.92. The van der Waals surface area contributed by atoms with Gasteiger partial charge in [0, 0.05) is 6.04 Å². The Hall–Kier alpha value is -1.70. The molecule has 3 atom stereocenters. The number of amides is 1. The lowest BCUT2D eigenvalue weighted by atomic mass is 9.99. The van der Waals surface area contributed by atoms with E-state index in [1.807, 2.05) is 13.8 Å². The van der Waals surface area contributed by atoms with E-state index in [9.17, 15) is 13.2 Å². The van der Waals surface area contributed by atoms with Gasteiger partial charge in [-0.3, -0.25) is 8.98 Å². The van der Waals surface area contributed by atoms with E-state index < -0.39 is 16.2 Å². The van der Waals surface area contributed by atoms with Crippen molar-refractivity contribution in [3.63, 3.8) is 0 Å². The predicted octanol–water partition coefficient (Wildman–Crippen LogP) is 1.94. The van der Waals surface area contributed by atoms with E-state index in [0.29, 0.717) is 12.8 Å². The van der Waals surface area contributed by atoms with E-state index in [-0.39, 0.29) is 29.6 Å². The Morgan fingerprint density at radius 2 is 2.04 bits per heavy atom. The topological polar surface area (TPSA) is 81.7 Å². The molecule has 1 heterocycles. The maximum atomic E-state index is 12.2. The minimum Gasteiger partial charge on any atom is -0.373 e. The fourth-order valence-corrected chi connectivity index (χ4v) is 3.61. The molecule has 1 aromatic rings. The van der Waals surface area contributed by atoms with Crippen LogP contribution in [0.5, 0.6) is 0 Å². The number of benzene rings is 1. The Morgan fingerprint density at radius 3 is 2.67 bits per heavy atom. The third kappa shape index (κ3) is 5.15. The molecule has 1 amide bonds. The van der Waals surface area contributed by atoms with Crippen molar-refractivity contribution in [1.82, 2.24) is 5.32 Å². The Bertz CT molecular complexity index is 683. The Balaban J connectivity index is 1.95. The SMILES string of the molecule is C=CC(=O)N[C@@H]1C[C@H](COS(=O)(=O)c2ccc(C)cc2)O[C@H](C)C1. The number of carbonyl (C=O) groups excluding carboxylic acids is 1. The molecule has 1 fully saturated rings. The molecule has 0 aliphatic carbocycles. The van der Waals surface area contributed by atoms with E-state index in [0.717, 1.165) is 5.56 Å². The summed E-state index contributed by atoms with van der Waals surface area (Å²) in [6.45, 7) is 7.11. The van der Waals surface area contributed by atoms with Gasteiger partial charge in [0.15, 0.2) is 0 Å². The zero-order chi connectivity index (χ0) is 17.7. The van der Waals surface area contributed by atoms with E-state index >= 15 is 0 Å². The number of hydrogen-bond donors (Lipinski definition) is 1. The van der Waals surface area contributed by atoms with E-state index in [4.69, 9.17) is 8.92 Å². The van der Waals surface area contributed by atoms with Gasteiger partial charge in [0.25, 0.3) is 10.1 Å². The summed E-state index contributed by atoms with van der Waals surface area (Å²) in [5.41, 5.74) is 0.971. The summed E-state index contributed by atoms with van der Waals surface area (Å²) in [4.78, 5) is 11.5. The lowest BCUT2D eigenvalue weighted by Gasteiger charge is -2.33. The van der Waals surface area contributed by atoms with E-state index in [1.165, 1.54) is 18.2 Å². The second-order valence-electron chi connectivity index (χ2n) is 6.00. The highest BCUT2D eigenvalue weighted by molar-refractivity contribution is 7.86. The minimum atomic E-state index is -3.82. The van der Waals surface area contributed by atoms with Crippen LogP contribution in [-0.2, 0) is 23.8 Å². The number of nitrogens with one attached hydrogen (secondary N) is 1. The van der Waals surface area contributed by atoms with Crippen molar-refractivity contribution in [2.45, 2.75) is 49.8 Å². The van der Waals surface area contributed by atoms with Crippen molar-refractivity contribution in [3.8, 4) is 0 Å². The lowest BCUT2D eigenvalue weighted by Crippen LogP contribution is -2.45. The van der Waals surface area contributed by atoms with Gasteiger partial charge in [-0.1, -0.05) is 24.3 Å². The van der Waals surface area contributed by atoms with Gasteiger partial charge in [-0.15, -0.1) is 0 Å². The summed E-state index contributed by atoms with van der Waals surface area (Å²) in [6, 6.07) is 6.38. The molecule has 1 aromatic carbocycles. The summed E-state index contributed by atoms with van der Waals surface area (Å²) in [6.07, 6.45) is 1.88. The lowest BCUT2D eigenvalue weighted by molar-refractivity contribution is -0.119. The standard InChI is InChI=1S/C17H23NO5S/c1-4-17(19)18-14-9-13(3)23-15(10-14)11-22-24(20,21)16-7-5-12(2)6-8-16/h4-8,13-15H,1,9-11H2,2-3H3,(H,18,19)/t13-,14+,15-/m1/s1. The van der Waals surface area contributed by atoms with Crippen molar-refractivity contribution < 1.29 is 22.1 Å². The van der Waals surface area contributed by atoms with Crippen LogP contribution < -0.4 is 5.32 Å². The van der Waals surface area contributed by atoms with Crippen molar-refractivity contribution in [2.24, 2.45) is 0 Å². The first kappa shape index (κ1) is 18.6. The average molecular weight is 353 g/mol. The molecule has 0 spiro atoms. The molecule has 0 aromatic heterocycles. The first-order valence-corrected chi connectivity index (χ1v) is 9.25. The smallest absolute Gasteiger partial charge is 0.297 e. The van der Waals surface area contributed by atoms with Gasteiger partial charge in [0.05, 0.1) is 23.7 Å². The number of ether oxygens (including phenoxy) is 1. The first-order valence-electron chi connectivity index (χ1n) is 7.84. The highest BCUT2D eigenvalue weighted by atomic mass is 32.2. The molecule has 7 heteroatoms. The van der Waals surface area contributed by atoms with Crippen molar-refractivity contribution in [2.75, 3.05) is 6.61 Å². The molecule has 2 rings (SSSR count). The van der Waals surface area contributed by atoms with E-state index in [1.54, 1.807) is 12.1 Å². The van der Waals surface area contributed by atoms with Crippen LogP contribution in [0.4, 0.5) is 0 Å². The molecule has 0 radical (unpaired) electrons. The fourth-order valence-electron chi connectivity index (χ4n) is 2.68. The monoisotopic (exact) mass is 353 g/mol. The molecule has 1 N–H and O–H groups in total. The van der Waals surface area contributed by atoms with Crippen LogP contribution in [0.15, 0.2) is 41.8 Å². The number of carbonyl (C=O) groups is 1.